The topological polar surface area (TPSA) is 176 Å². The van der Waals surface area contributed by atoms with Gasteiger partial charge in [-0.25, -0.2) is 4.79 Å². The summed E-state index contributed by atoms with van der Waals surface area (Å²) in [6.45, 7) is 11.6. The minimum atomic E-state index is -1.56. The Morgan fingerprint density at radius 1 is 0.816 bits per heavy atom. The smallest absolute Gasteiger partial charge is 0.338 e. The molecule has 0 unspecified atom stereocenters. The molecule has 0 aromatic heterocycles. The SMILES string of the molecule is C=CC[C@H](CC(=O)NCCCC)C(=O)O[C@@H]1[C@H](OC(=O)[C@H](CC=C)CC(=O)NCCCC)[C@@H](OC)O[C@H](CO)[C@H]1OC(=O)c1ccccc1. The zero-order chi connectivity index (χ0) is 36.2. The summed E-state index contributed by atoms with van der Waals surface area (Å²) in [6, 6.07) is 7.99. The van der Waals surface area contributed by atoms with Gasteiger partial charge >= 0.3 is 17.9 Å². The van der Waals surface area contributed by atoms with Gasteiger partial charge in [0.2, 0.25) is 11.8 Å². The fourth-order valence-corrected chi connectivity index (χ4v) is 5.17. The number of nitrogens with one attached hydrogen (secondary N) is 2. The number of carbonyl (C=O) groups is 5. The van der Waals surface area contributed by atoms with Gasteiger partial charge in [0.25, 0.3) is 0 Å². The maximum atomic E-state index is 13.8. The highest BCUT2D eigenvalue weighted by Gasteiger charge is 2.53. The zero-order valence-corrected chi connectivity index (χ0v) is 28.8. The summed E-state index contributed by atoms with van der Waals surface area (Å²) in [5.74, 6) is -5.19. The first-order valence-corrected chi connectivity index (χ1v) is 16.8. The van der Waals surface area contributed by atoms with Crippen molar-refractivity contribution >= 4 is 29.7 Å². The van der Waals surface area contributed by atoms with E-state index in [1.807, 2.05) is 13.8 Å². The normalized spacial score (nSPS) is 21.3. The molecule has 0 radical (unpaired) electrons. The average molecular weight is 689 g/mol. The highest BCUT2D eigenvalue weighted by molar-refractivity contribution is 5.89. The Hall–Kier alpha value is -4.07. The van der Waals surface area contributed by atoms with Gasteiger partial charge in [-0.05, 0) is 37.8 Å². The Labute approximate surface area is 288 Å². The molecule has 7 atom stereocenters. The van der Waals surface area contributed by atoms with Crippen molar-refractivity contribution in [2.75, 3.05) is 26.8 Å². The number of benzene rings is 1. The third-order valence-electron chi connectivity index (χ3n) is 7.90. The third-order valence-corrected chi connectivity index (χ3v) is 7.90. The van der Waals surface area contributed by atoms with Gasteiger partial charge in [-0.1, -0.05) is 57.0 Å². The van der Waals surface area contributed by atoms with Crippen LogP contribution in [0.5, 0.6) is 0 Å². The molecule has 1 fully saturated rings. The van der Waals surface area contributed by atoms with E-state index in [1.165, 1.54) is 31.4 Å². The number of allylic oxidation sites excluding steroid dienone is 2. The molecule has 1 heterocycles. The molecular weight excluding hydrogens is 636 g/mol. The maximum Gasteiger partial charge on any atom is 0.338 e. The van der Waals surface area contributed by atoms with Gasteiger partial charge in [0.1, 0.15) is 6.10 Å². The molecule has 272 valence electrons. The summed E-state index contributed by atoms with van der Waals surface area (Å²) < 4.78 is 29.0. The van der Waals surface area contributed by atoms with Crippen LogP contribution in [-0.4, -0.2) is 92.3 Å². The minimum absolute atomic E-state index is 0.0772. The number of ether oxygens (including phenoxy) is 5. The number of aliphatic hydroxyl groups excluding tert-OH is 1. The molecule has 3 N–H and O–H groups in total. The number of carbonyl (C=O) groups excluding carboxylic acids is 5. The van der Waals surface area contributed by atoms with Crippen LogP contribution in [0.1, 0.15) is 75.6 Å². The summed E-state index contributed by atoms with van der Waals surface area (Å²) in [5.41, 5.74) is 0.167. The summed E-state index contributed by atoms with van der Waals surface area (Å²) in [6.07, 6.45) is -1.24. The Kier molecular flexibility index (Phi) is 18.9. The van der Waals surface area contributed by atoms with Gasteiger partial charge in [0.15, 0.2) is 24.6 Å². The summed E-state index contributed by atoms with van der Waals surface area (Å²) in [7, 11) is 1.26. The average Bonchev–Trinajstić information content (AvgIpc) is 3.09. The molecule has 2 rings (SSSR count). The van der Waals surface area contributed by atoms with Crippen LogP contribution < -0.4 is 10.6 Å². The van der Waals surface area contributed by atoms with E-state index in [0.717, 1.165) is 25.7 Å². The molecule has 1 saturated heterocycles. The van der Waals surface area contributed by atoms with Crippen LogP contribution in [0.25, 0.3) is 0 Å². The third kappa shape index (κ3) is 13.4. The van der Waals surface area contributed by atoms with E-state index in [4.69, 9.17) is 23.7 Å². The van der Waals surface area contributed by atoms with Crippen molar-refractivity contribution in [3.05, 3.63) is 61.2 Å². The lowest BCUT2D eigenvalue weighted by Gasteiger charge is -2.44. The Balaban J connectivity index is 2.48. The van der Waals surface area contributed by atoms with Crippen LogP contribution in [0, 0.1) is 11.8 Å². The number of hydrogen-bond donors (Lipinski definition) is 3. The van der Waals surface area contributed by atoms with Crippen LogP contribution in [0.2, 0.25) is 0 Å². The number of hydrogen-bond acceptors (Lipinski definition) is 11. The summed E-state index contributed by atoms with van der Waals surface area (Å²) >= 11 is 0. The Morgan fingerprint density at radius 2 is 1.33 bits per heavy atom. The quantitative estimate of drug-likeness (QED) is 0.0705. The van der Waals surface area contributed by atoms with Crippen LogP contribution in [0.3, 0.4) is 0 Å². The number of rotatable bonds is 22. The zero-order valence-electron chi connectivity index (χ0n) is 28.8. The van der Waals surface area contributed by atoms with Crippen molar-refractivity contribution in [2.45, 2.75) is 95.9 Å². The van der Waals surface area contributed by atoms with Crippen molar-refractivity contribution in [1.82, 2.24) is 10.6 Å². The van der Waals surface area contributed by atoms with E-state index in [-0.39, 0.29) is 43.1 Å². The molecule has 0 aliphatic carbocycles. The molecule has 0 spiro atoms. The van der Waals surface area contributed by atoms with Gasteiger partial charge in [-0.2, -0.15) is 0 Å². The fraction of sp³-hybridized carbons (Fsp3) is 0.583. The van der Waals surface area contributed by atoms with Crippen LogP contribution in [0.4, 0.5) is 0 Å². The number of amides is 2. The molecule has 0 bridgehead atoms. The second-order valence-corrected chi connectivity index (χ2v) is 11.8. The minimum Gasteiger partial charge on any atom is -0.454 e. The van der Waals surface area contributed by atoms with Crippen LogP contribution in [0.15, 0.2) is 55.6 Å². The first-order chi connectivity index (χ1) is 23.6. The Bertz CT molecular complexity index is 1220. The number of methoxy groups -OCH3 is 1. The lowest BCUT2D eigenvalue weighted by atomic mass is 9.96. The van der Waals surface area contributed by atoms with E-state index < -0.39 is 67.1 Å². The second kappa shape index (κ2) is 22.5. The number of esters is 3. The largest absolute Gasteiger partial charge is 0.454 e. The van der Waals surface area contributed by atoms with Crippen LogP contribution in [-0.2, 0) is 42.9 Å². The molecule has 13 heteroatoms. The van der Waals surface area contributed by atoms with Crippen molar-refractivity contribution in [3.8, 4) is 0 Å². The van der Waals surface area contributed by atoms with E-state index >= 15 is 0 Å². The van der Waals surface area contributed by atoms with Gasteiger partial charge in [-0.15, -0.1) is 13.2 Å². The molecule has 1 aromatic carbocycles. The van der Waals surface area contributed by atoms with Crippen molar-refractivity contribution in [3.63, 3.8) is 0 Å². The second-order valence-electron chi connectivity index (χ2n) is 11.8. The number of unbranched alkanes of at least 4 members (excludes halogenated alkanes) is 2. The molecular formula is C36H52N2O11. The molecule has 1 aliphatic rings. The first-order valence-electron chi connectivity index (χ1n) is 16.8. The molecule has 2 amide bonds. The van der Waals surface area contributed by atoms with Crippen molar-refractivity contribution in [1.29, 1.82) is 0 Å². The fourth-order valence-electron chi connectivity index (χ4n) is 5.17. The van der Waals surface area contributed by atoms with Gasteiger partial charge in [0, 0.05) is 33.0 Å². The lowest BCUT2D eigenvalue weighted by Crippen LogP contribution is -2.63. The van der Waals surface area contributed by atoms with E-state index in [1.54, 1.807) is 18.2 Å². The van der Waals surface area contributed by atoms with E-state index in [9.17, 15) is 29.1 Å². The molecule has 13 nitrogen and oxygen atoms in total. The highest BCUT2D eigenvalue weighted by Crippen LogP contribution is 2.32. The van der Waals surface area contributed by atoms with Gasteiger partial charge < -0.3 is 39.4 Å². The molecule has 0 saturated carbocycles. The van der Waals surface area contributed by atoms with Crippen molar-refractivity contribution in [2.24, 2.45) is 11.8 Å². The molecule has 1 aliphatic heterocycles. The number of aliphatic hydroxyl groups is 1. The lowest BCUT2D eigenvalue weighted by molar-refractivity contribution is -0.301. The van der Waals surface area contributed by atoms with Gasteiger partial charge in [0.05, 0.1) is 24.0 Å². The summed E-state index contributed by atoms with van der Waals surface area (Å²) in [4.78, 5) is 66.0. The predicted octanol–water partition coefficient (Wildman–Crippen LogP) is 3.40. The predicted molar refractivity (Wildman–Crippen MR) is 180 cm³/mol. The summed E-state index contributed by atoms with van der Waals surface area (Å²) in [5, 5.41) is 15.8. The molecule has 49 heavy (non-hydrogen) atoms. The monoisotopic (exact) mass is 688 g/mol. The Morgan fingerprint density at radius 3 is 1.78 bits per heavy atom. The standard InChI is InChI=1S/C36H52N2O11/c1-6-10-19-37-28(40)21-25(15-8-3)34(43)48-31-30(47-33(42)24-17-13-12-14-18-24)27(23-39)46-36(45-5)32(31)49-35(44)26(16-9-4)22-29(41)38-20-11-7-2/h8-9,12-14,17-18,25-27,30-32,36,39H,3-4,6-7,10-11,15-16,19-23H2,1-2,5H3,(H,37,40)(H,38,41)/t25-,26-,27-,30-,31+,32+,36+/m1/s1. The van der Waals surface area contributed by atoms with E-state index in [2.05, 4.69) is 23.8 Å². The maximum absolute atomic E-state index is 13.8. The van der Waals surface area contributed by atoms with Crippen LogP contribution >= 0.6 is 0 Å². The van der Waals surface area contributed by atoms with E-state index in [0.29, 0.717) is 13.1 Å². The highest BCUT2D eigenvalue weighted by atomic mass is 16.7. The van der Waals surface area contributed by atoms with Crippen molar-refractivity contribution < 1.29 is 52.8 Å². The molecule has 1 aromatic rings. The first kappa shape index (κ1) is 41.1. The van der Waals surface area contributed by atoms with Gasteiger partial charge in [-0.3, -0.25) is 19.2 Å².